The van der Waals surface area contributed by atoms with Crippen LogP contribution in [-0.4, -0.2) is 51.9 Å². The largest absolute Gasteiger partial charge is 0.384 e. The molecular formula is C21H29N5O. The zero-order valence-corrected chi connectivity index (χ0v) is 16.3. The van der Waals surface area contributed by atoms with Crippen LogP contribution in [0.15, 0.2) is 36.5 Å². The van der Waals surface area contributed by atoms with E-state index in [1.807, 2.05) is 4.90 Å². The van der Waals surface area contributed by atoms with Crippen molar-refractivity contribution in [2.75, 3.05) is 25.9 Å². The van der Waals surface area contributed by atoms with Crippen LogP contribution >= 0.6 is 0 Å². The molecule has 1 aliphatic heterocycles. The van der Waals surface area contributed by atoms with Gasteiger partial charge in [-0.3, -0.25) is 9.69 Å². The van der Waals surface area contributed by atoms with Gasteiger partial charge in [-0.1, -0.05) is 31.2 Å². The van der Waals surface area contributed by atoms with Crippen LogP contribution in [0.2, 0.25) is 0 Å². The van der Waals surface area contributed by atoms with Gasteiger partial charge in [0.15, 0.2) is 0 Å². The fourth-order valence-electron chi connectivity index (χ4n) is 3.52. The second-order valence-corrected chi connectivity index (χ2v) is 7.27. The molecule has 6 nitrogen and oxygen atoms in total. The normalized spacial score (nSPS) is 16.9. The highest BCUT2D eigenvalue weighted by atomic mass is 16.2. The zero-order chi connectivity index (χ0) is 19.2. The molecule has 1 saturated heterocycles. The fourth-order valence-corrected chi connectivity index (χ4v) is 3.52. The second kappa shape index (κ2) is 8.95. The molecule has 0 radical (unpaired) electrons. The molecule has 3 rings (SSSR count). The number of anilines is 1. The molecule has 2 N–H and O–H groups in total. The lowest BCUT2D eigenvalue weighted by Crippen LogP contribution is -2.36. The first-order valence-electron chi connectivity index (χ1n) is 9.68. The summed E-state index contributed by atoms with van der Waals surface area (Å²) in [5, 5.41) is 0. The Labute approximate surface area is 161 Å². The summed E-state index contributed by atoms with van der Waals surface area (Å²) < 4.78 is 0. The Morgan fingerprint density at radius 2 is 2.00 bits per heavy atom. The second-order valence-electron chi connectivity index (χ2n) is 7.27. The van der Waals surface area contributed by atoms with Gasteiger partial charge in [-0.2, -0.15) is 0 Å². The summed E-state index contributed by atoms with van der Waals surface area (Å²) in [6.45, 7) is 4.38. The molecule has 2 heterocycles. The average molecular weight is 367 g/mol. The van der Waals surface area contributed by atoms with E-state index >= 15 is 0 Å². The van der Waals surface area contributed by atoms with Crippen LogP contribution in [0.3, 0.4) is 0 Å². The maximum absolute atomic E-state index is 12.6. The SMILES string of the molecule is CCc1ccc(CCC(=O)N2CCC(N(C)Cc3nccc(N)n3)C2)cc1. The minimum absolute atomic E-state index is 0.241. The van der Waals surface area contributed by atoms with Crippen LogP contribution in [0.25, 0.3) is 0 Å². The molecule has 0 saturated carbocycles. The number of likely N-dealkylation sites (N-methyl/N-ethyl adjacent to an activating group) is 1. The number of aryl methyl sites for hydroxylation is 2. The minimum Gasteiger partial charge on any atom is -0.384 e. The average Bonchev–Trinajstić information content (AvgIpc) is 3.17. The predicted molar refractivity (Wildman–Crippen MR) is 107 cm³/mol. The van der Waals surface area contributed by atoms with E-state index in [1.165, 1.54) is 11.1 Å². The highest BCUT2D eigenvalue weighted by molar-refractivity contribution is 5.76. The molecule has 1 amide bonds. The quantitative estimate of drug-likeness (QED) is 0.813. The third kappa shape index (κ3) is 5.26. The van der Waals surface area contributed by atoms with Gasteiger partial charge in [-0.15, -0.1) is 0 Å². The van der Waals surface area contributed by atoms with Crippen molar-refractivity contribution < 1.29 is 4.79 Å². The van der Waals surface area contributed by atoms with Crippen LogP contribution in [0, 0.1) is 0 Å². The standard InChI is InChI=1S/C21H29N5O/c1-3-16-4-6-17(7-5-16)8-9-21(27)26-13-11-18(14-26)25(2)15-20-23-12-10-19(22)24-20/h4-7,10,12,18H,3,8-9,11,13-15H2,1-2H3,(H2,22,23,24). The smallest absolute Gasteiger partial charge is 0.222 e. The number of amides is 1. The van der Waals surface area contributed by atoms with Crippen LogP contribution in [0.5, 0.6) is 0 Å². The molecule has 27 heavy (non-hydrogen) atoms. The summed E-state index contributed by atoms with van der Waals surface area (Å²) in [7, 11) is 2.06. The monoisotopic (exact) mass is 367 g/mol. The van der Waals surface area contributed by atoms with Gasteiger partial charge in [0.25, 0.3) is 0 Å². The number of benzene rings is 1. The van der Waals surface area contributed by atoms with E-state index in [-0.39, 0.29) is 5.91 Å². The minimum atomic E-state index is 0.241. The van der Waals surface area contributed by atoms with E-state index in [1.54, 1.807) is 12.3 Å². The molecule has 1 atom stereocenters. The third-order valence-corrected chi connectivity index (χ3v) is 5.32. The number of nitrogens with zero attached hydrogens (tertiary/aromatic N) is 4. The molecule has 0 bridgehead atoms. The van der Waals surface area contributed by atoms with Crippen LogP contribution in [0.4, 0.5) is 5.82 Å². The first-order chi connectivity index (χ1) is 13.0. The molecule has 1 aromatic heterocycles. The van der Waals surface area contributed by atoms with Crippen molar-refractivity contribution in [2.24, 2.45) is 0 Å². The third-order valence-electron chi connectivity index (χ3n) is 5.32. The first-order valence-corrected chi connectivity index (χ1v) is 9.68. The predicted octanol–water partition coefficient (Wildman–Crippen LogP) is 2.29. The number of carbonyl (C=O) groups excluding carboxylic acids is 1. The van der Waals surface area contributed by atoms with E-state index in [4.69, 9.17) is 5.73 Å². The maximum Gasteiger partial charge on any atom is 0.222 e. The molecule has 1 unspecified atom stereocenters. The molecule has 0 aliphatic carbocycles. The van der Waals surface area contributed by atoms with Crippen molar-refractivity contribution in [3.8, 4) is 0 Å². The molecule has 1 fully saturated rings. The van der Waals surface area contributed by atoms with Crippen molar-refractivity contribution in [1.82, 2.24) is 19.8 Å². The Hall–Kier alpha value is -2.47. The lowest BCUT2D eigenvalue weighted by Gasteiger charge is -2.24. The van der Waals surface area contributed by atoms with Gasteiger partial charge in [-0.25, -0.2) is 9.97 Å². The number of hydrogen-bond acceptors (Lipinski definition) is 5. The van der Waals surface area contributed by atoms with E-state index < -0.39 is 0 Å². The Balaban J connectivity index is 1.47. The molecule has 1 aromatic carbocycles. The molecular weight excluding hydrogens is 338 g/mol. The number of likely N-dealkylation sites (tertiary alicyclic amines) is 1. The van der Waals surface area contributed by atoms with E-state index in [0.29, 0.717) is 24.8 Å². The van der Waals surface area contributed by atoms with Crippen LogP contribution < -0.4 is 5.73 Å². The fraction of sp³-hybridized carbons (Fsp3) is 0.476. The van der Waals surface area contributed by atoms with Gasteiger partial charge in [0.2, 0.25) is 5.91 Å². The van der Waals surface area contributed by atoms with Gasteiger partial charge in [0, 0.05) is 31.7 Å². The molecule has 6 heteroatoms. The van der Waals surface area contributed by atoms with Crippen molar-refractivity contribution in [1.29, 1.82) is 0 Å². The van der Waals surface area contributed by atoms with Crippen molar-refractivity contribution in [3.63, 3.8) is 0 Å². The summed E-state index contributed by atoms with van der Waals surface area (Å²) >= 11 is 0. The number of hydrogen-bond donors (Lipinski definition) is 1. The number of carbonyl (C=O) groups is 1. The molecule has 144 valence electrons. The van der Waals surface area contributed by atoms with Gasteiger partial charge in [0.1, 0.15) is 11.6 Å². The molecule has 1 aliphatic rings. The van der Waals surface area contributed by atoms with Crippen molar-refractivity contribution in [2.45, 2.75) is 45.2 Å². The van der Waals surface area contributed by atoms with E-state index in [2.05, 4.69) is 53.1 Å². The number of nitrogen functional groups attached to an aromatic ring is 1. The highest BCUT2D eigenvalue weighted by Crippen LogP contribution is 2.18. The van der Waals surface area contributed by atoms with Crippen LogP contribution in [-0.2, 0) is 24.2 Å². The van der Waals surface area contributed by atoms with Gasteiger partial charge in [0.05, 0.1) is 6.54 Å². The number of rotatable bonds is 7. The van der Waals surface area contributed by atoms with Gasteiger partial charge in [-0.05, 0) is 43.5 Å². The van der Waals surface area contributed by atoms with Crippen molar-refractivity contribution in [3.05, 3.63) is 53.5 Å². The Morgan fingerprint density at radius 1 is 1.26 bits per heavy atom. The Bertz CT molecular complexity index is 761. The van der Waals surface area contributed by atoms with Crippen LogP contribution in [0.1, 0.15) is 36.7 Å². The Kier molecular flexibility index (Phi) is 6.40. The molecule has 0 spiro atoms. The van der Waals surface area contributed by atoms with Crippen molar-refractivity contribution >= 4 is 11.7 Å². The summed E-state index contributed by atoms with van der Waals surface area (Å²) in [6, 6.07) is 10.6. The topological polar surface area (TPSA) is 75.4 Å². The van der Waals surface area contributed by atoms with Gasteiger partial charge < -0.3 is 10.6 Å². The van der Waals surface area contributed by atoms with E-state index in [0.717, 1.165) is 38.2 Å². The van der Waals surface area contributed by atoms with E-state index in [9.17, 15) is 4.79 Å². The Morgan fingerprint density at radius 3 is 2.70 bits per heavy atom. The number of aromatic nitrogens is 2. The highest BCUT2D eigenvalue weighted by Gasteiger charge is 2.28. The first kappa shape index (κ1) is 19.3. The summed E-state index contributed by atoms with van der Waals surface area (Å²) in [4.78, 5) is 25.3. The summed E-state index contributed by atoms with van der Waals surface area (Å²) in [6.07, 6.45) is 5.08. The maximum atomic E-state index is 12.6. The zero-order valence-electron chi connectivity index (χ0n) is 16.3. The lowest BCUT2D eigenvalue weighted by molar-refractivity contribution is -0.130. The van der Waals surface area contributed by atoms with Gasteiger partial charge >= 0.3 is 0 Å². The summed E-state index contributed by atoms with van der Waals surface area (Å²) in [5.74, 6) is 1.45. The summed E-state index contributed by atoms with van der Waals surface area (Å²) in [5.41, 5.74) is 8.29. The number of nitrogens with two attached hydrogens (primary N) is 1. The molecule has 2 aromatic rings. The lowest BCUT2D eigenvalue weighted by atomic mass is 10.1.